The molecule has 8 nitrogen and oxygen atoms in total. The van der Waals surface area contributed by atoms with Gasteiger partial charge in [0.1, 0.15) is 23.7 Å². The Balaban J connectivity index is 1.68. The number of hydrogen-bond donors (Lipinski definition) is 4. The molecule has 0 saturated carbocycles. The molecule has 0 spiro atoms. The molecule has 3 aromatic rings. The summed E-state index contributed by atoms with van der Waals surface area (Å²) in [6.45, 7) is 3.14. The van der Waals surface area contributed by atoms with Gasteiger partial charge in [-0.3, -0.25) is 9.59 Å². The number of ether oxygens (including phenoxy) is 2. The van der Waals surface area contributed by atoms with Crippen molar-refractivity contribution in [2.45, 2.75) is 26.1 Å². The Morgan fingerprint density at radius 2 is 1.03 bits per heavy atom. The van der Waals surface area contributed by atoms with Gasteiger partial charge in [0.25, 0.3) is 11.8 Å². The summed E-state index contributed by atoms with van der Waals surface area (Å²) < 4.78 is 11.3. The zero-order valence-corrected chi connectivity index (χ0v) is 19.0. The quantitative estimate of drug-likeness (QED) is 0.363. The van der Waals surface area contributed by atoms with Crippen LogP contribution >= 0.6 is 0 Å². The maximum atomic E-state index is 12.7. The Hall–Kier alpha value is -3.88. The lowest BCUT2D eigenvalue weighted by atomic mass is 10.1. The van der Waals surface area contributed by atoms with Crippen molar-refractivity contribution in [3.63, 3.8) is 0 Å². The average Bonchev–Trinajstić information content (AvgIpc) is 2.86. The first kappa shape index (κ1) is 24.8. The fourth-order valence-electron chi connectivity index (χ4n) is 3.02. The zero-order chi connectivity index (χ0) is 24.5. The number of aliphatic hydroxyl groups excluding tert-OH is 2. The fraction of sp³-hybridized carbons (Fsp3) is 0.231. The van der Waals surface area contributed by atoms with E-state index >= 15 is 0 Å². The van der Waals surface area contributed by atoms with E-state index in [9.17, 15) is 19.8 Å². The summed E-state index contributed by atoms with van der Waals surface area (Å²) in [5.41, 5.74) is 1.68. The molecule has 4 N–H and O–H groups in total. The van der Waals surface area contributed by atoms with Crippen molar-refractivity contribution in [1.29, 1.82) is 0 Å². The highest BCUT2D eigenvalue weighted by molar-refractivity contribution is 6.07. The topological polar surface area (TPSA) is 117 Å². The molecule has 3 aromatic carbocycles. The number of benzene rings is 3. The van der Waals surface area contributed by atoms with Crippen molar-refractivity contribution >= 4 is 23.2 Å². The van der Waals surface area contributed by atoms with Gasteiger partial charge in [-0.05, 0) is 62.4 Å². The summed E-state index contributed by atoms with van der Waals surface area (Å²) in [7, 11) is 0. The van der Waals surface area contributed by atoms with Crippen molar-refractivity contribution in [2.75, 3.05) is 23.8 Å². The molecule has 0 radical (unpaired) electrons. The number of carbonyl (C=O) groups excluding carboxylic acids is 2. The summed E-state index contributed by atoms with van der Waals surface area (Å²) in [4.78, 5) is 25.4. The molecule has 0 aromatic heterocycles. The van der Waals surface area contributed by atoms with Crippen molar-refractivity contribution in [3.8, 4) is 11.5 Å². The summed E-state index contributed by atoms with van der Waals surface area (Å²) in [6.07, 6.45) is -0.837. The largest absolute Gasteiger partial charge is 0.486 e. The van der Waals surface area contributed by atoms with Crippen LogP contribution in [0.3, 0.4) is 0 Å². The second-order valence-corrected chi connectivity index (χ2v) is 7.70. The van der Waals surface area contributed by atoms with Crippen LogP contribution in [0.2, 0.25) is 0 Å². The smallest absolute Gasteiger partial charge is 0.255 e. The highest BCUT2D eigenvalue weighted by Crippen LogP contribution is 2.27. The van der Waals surface area contributed by atoms with Gasteiger partial charge in [0.15, 0.2) is 0 Å². The van der Waals surface area contributed by atoms with Gasteiger partial charge in [0, 0.05) is 11.1 Å². The second-order valence-electron chi connectivity index (χ2n) is 7.70. The maximum absolute atomic E-state index is 12.7. The Kier molecular flexibility index (Phi) is 8.61. The third-order valence-electron chi connectivity index (χ3n) is 4.85. The molecule has 0 fully saturated rings. The van der Waals surface area contributed by atoms with Crippen molar-refractivity contribution < 1.29 is 29.3 Å². The molecule has 0 bridgehead atoms. The summed E-state index contributed by atoms with van der Waals surface area (Å²) in [6, 6.07) is 20.1. The fourth-order valence-corrected chi connectivity index (χ4v) is 3.02. The second kappa shape index (κ2) is 11.8. The van der Waals surface area contributed by atoms with Crippen LogP contribution in [0.5, 0.6) is 11.5 Å². The molecule has 0 heterocycles. The van der Waals surface area contributed by atoms with Crippen molar-refractivity contribution in [3.05, 3.63) is 83.9 Å². The Morgan fingerprint density at radius 3 is 1.38 bits per heavy atom. The van der Waals surface area contributed by atoms with E-state index in [0.29, 0.717) is 34.0 Å². The van der Waals surface area contributed by atoms with Gasteiger partial charge in [0.05, 0.1) is 24.6 Å². The molecule has 0 aliphatic carbocycles. The first-order chi connectivity index (χ1) is 16.4. The number of rotatable bonds is 10. The van der Waals surface area contributed by atoms with Gasteiger partial charge in [-0.1, -0.05) is 24.3 Å². The third kappa shape index (κ3) is 6.57. The number of aliphatic hydroxyl groups is 2. The van der Waals surface area contributed by atoms with Gasteiger partial charge in [-0.25, -0.2) is 0 Å². The first-order valence-electron chi connectivity index (χ1n) is 10.9. The van der Waals surface area contributed by atoms with Gasteiger partial charge >= 0.3 is 0 Å². The van der Waals surface area contributed by atoms with E-state index in [-0.39, 0.29) is 25.0 Å². The predicted octanol–water partition coefficient (Wildman–Crippen LogP) is 3.71. The van der Waals surface area contributed by atoms with Crippen LogP contribution < -0.4 is 20.1 Å². The number of anilines is 2. The van der Waals surface area contributed by atoms with Crippen molar-refractivity contribution in [2.24, 2.45) is 0 Å². The van der Waals surface area contributed by atoms with Crippen LogP contribution in [0.25, 0.3) is 0 Å². The third-order valence-corrected chi connectivity index (χ3v) is 4.85. The maximum Gasteiger partial charge on any atom is 0.255 e. The van der Waals surface area contributed by atoms with Crippen LogP contribution in [-0.2, 0) is 0 Å². The lowest BCUT2D eigenvalue weighted by Crippen LogP contribution is -2.19. The molecular weight excluding hydrogens is 436 g/mol. The lowest BCUT2D eigenvalue weighted by Gasteiger charge is -2.16. The van der Waals surface area contributed by atoms with Crippen LogP contribution in [0, 0.1) is 0 Å². The molecule has 178 valence electrons. The molecule has 0 aliphatic heterocycles. The van der Waals surface area contributed by atoms with Crippen LogP contribution in [0.1, 0.15) is 34.6 Å². The first-order valence-corrected chi connectivity index (χ1v) is 10.9. The molecule has 3 rings (SSSR count). The van der Waals surface area contributed by atoms with E-state index in [4.69, 9.17) is 9.47 Å². The van der Waals surface area contributed by atoms with Crippen LogP contribution in [0.4, 0.5) is 11.4 Å². The van der Waals surface area contributed by atoms with Gasteiger partial charge in [-0.15, -0.1) is 0 Å². The summed E-state index contributed by atoms with van der Waals surface area (Å²) in [5, 5.41) is 24.0. The van der Waals surface area contributed by atoms with E-state index in [0.717, 1.165) is 0 Å². The van der Waals surface area contributed by atoms with E-state index in [1.807, 2.05) is 0 Å². The molecule has 2 atom stereocenters. The Morgan fingerprint density at radius 1 is 0.676 bits per heavy atom. The van der Waals surface area contributed by atoms with Crippen LogP contribution in [0.15, 0.2) is 72.8 Å². The highest BCUT2D eigenvalue weighted by Gasteiger charge is 2.14. The highest BCUT2D eigenvalue weighted by atomic mass is 16.5. The monoisotopic (exact) mass is 464 g/mol. The Labute approximate surface area is 198 Å². The minimum absolute atomic E-state index is 0.150. The number of para-hydroxylation sites is 4. The van der Waals surface area contributed by atoms with E-state index in [1.165, 1.54) is 0 Å². The predicted molar refractivity (Wildman–Crippen MR) is 130 cm³/mol. The summed E-state index contributed by atoms with van der Waals surface area (Å²) >= 11 is 0. The molecule has 34 heavy (non-hydrogen) atoms. The van der Waals surface area contributed by atoms with Gasteiger partial charge < -0.3 is 30.3 Å². The number of carbonyl (C=O) groups is 2. The number of amides is 2. The van der Waals surface area contributed by atoms with Crippen LogP contribution in [-0.4, -0.2) is 47.4 Å². The number of hydrogen-bond acceptors (Lipinski definition) is 6. The molecule has 0 saturated heterocycles. The molecule has 2 amide bonds. The lowest BCUT2D eigenvalue weighted by molar-refractivity contribution is 0.101. The normalized spacial score (nSPS) is 12.4. The van der Waals surface area contributed by atoms with E-state index in [2.05, 4.69) is 10.6 Å². The van der Waals surface area contributed by atoms with E-state index < -0.39 is 12.2 Å². The minimum atomic E-state index is -0.418. The molecule has 8 heteroatoms. The van der Waals surface area contributed by atoms with Crippen molar-refractivity contribution in [1.82, 2.24) is 0 Å². The van der Waals surface area contributed by atoms with E-state index in [1.54, 1.807) is 86.6 Å². The molecule has 2 unspecified atom stereocenters. The zero-order valence-electron chi connectivity index (χ0n) is 19.0. The molecular formula is C26H28N2O6. The molecule has 0 aliphatic rings. The van der Waals surface area contributed by atoms with Gasteiger partial charge in [0.2, 0.25) is 0 Å². The SMILES string of the molecule is CC(CO)Oc1ccccc1NC(=O)c1ccc(C(=O)Nc2ccccc2OC(C)CO)cc1. The van der Waals surface area contributed by atoms with Gasteiger partial charge in [-0.2, -0.15) is 0 Å². The Bertz CT molecular complexity index is 1030. The minimum Gasteiger partial charge on any atom is -0.486 e. The standard InChI is InChI=1S/C26H28N2O6/c1-17(15-29)33-23-9-5-3-7-21(23)27-25(31)19-11-13-20(14-12-19)26(32)28-22-8-4-6-10-24(22)34-18(2)16-30/h3-14,17-18,29-30H,15-16H2,1-2H3,(H,27,31)(H,28,32). The average molecular weight is 465 g/mol. The summed E-state index contributed by atoms with van der Waals surface area (Å²) in [5.74, 6) is 0.169. The number of nitrogens with one attached hydrogen (secondary N) is 2.